The van der Waals surface area contributed by atoms with E-state index in [1.807, 2.05) is 0 Å². The molecule has 1 heterocycles. The summed E-state index contributed by atoms with van der Waals surface area (Å²) >= 11 is 0. The summed E-state index contributed by atoms with van der Waals surface area (Å²) in [6, 6.07) is 0.636. The Labute approximate surface area is 115 Å². The van der Waals surface area contributed by atoms with Crippen LogP contribution in [-0.2, 0) is 16.0 Å². The van der Waals surface area contributed by atoms with Crippen LogP contribution in [0.1, 0.15) is 5.69 Å². The second-order valence-electron chi connectivity index (χ2n) is 3.52. The molecule has 0 aromatic carbocycles. The minimum Gasteiger partial charge on any atom is -0.489 e. The van der Waals surface area contributed by atoms with Gasteiger partial charge in [-0.1, -0.05) is 0 Å². The van der Waals surface area contributed by atoms with Gasteiger partial charge in [-0.2, -0.15) is 0 Å². The van der Waals surface area contributed by atoms with Crippen LogP contribution >= 0.6 is 0 Å². The average Bonchev–Trinajstić information content (AvgIpc) is 2.37. The predicted molar refractivity (Wildman–Crippen MR) is 59.8 cm³/mol. The Kier molecular flexibility index (Phi) is 4.89. The van der Waals surface area contributed by atoms with Gasteiger partial charge < -0.3 is 24.3 Å². The summed E-state index contributed by atoms with van der Waals surface area (Å²) in [4.78, 5) is 24.3. The molecule has 11 heteroatoms. The Morgan fingerprint density at radius 2 is 2.00 bits per heavy atom. The number of carbonyl (C=O) groups is 1. The van der Waals surface area contributed by atoms with Crippen molar-refractivity contribution in [3.63, 3.8) is 0 Å². The second kappa shape index (κ2) is 6.24. The number of nitro groups is 1. The maximum atomic E-state index is 12.3. The van der Waals surface area contributed by atoms with E-state index in [4.69, 9.17) is 0 Å². The molecule has 0 saturated heterocycles. The molecule has 0 unspecified atom stereocenters. The van der Waals surface area contributed by atoms with Gasteiger partial charge in [0.25, 0.3) is 0 Å². The highest BCUT2D eigenvalue weighted by Crippen LogP contribution is 2.34. The Bertz CT molecular complexity index is 560. The van der Waals surface area contributed by atoms with Gasteiger partial charge in [-0.25, -0.2) is 0 Å². The molecule has 0 amide bonds. The van der Waals surface area contributed by atoms with Crippen molar-refractivity contribution in [2.45, 2.75) is 12.8 Å². The molecule has 0 aliphatic carbocycles. The van der Waals surface area contributed by atoms with E-state index in [-0.39, 0.29) is 0 Å². The van der Waals surface area contributed by atoms with Crippen molar-refractivity contribution >= 4 is 11.8 Å². The highest BCUT2D eigenvalue weighted by molar-refractivity contribution is 5.73. The Hall–Kier alpha value is -2.59. The number of carbonyl (C=O) groups excluding carboxylic acids is 1. The fraction of sp³-hybridized carbons (Fsp3) is 0.400. The number of hydrogen-bond donors (Lipinski definition) is 0. The van der Waals surface area contributed by atoms with Gasteiger partial charge in [0.15, 0.2) is 5.75 Å². The molecule has 1 rings (SSSR count). The summed E-state index contributed by atoms with van der Waals surface area (Å²) < 4.78 is 49.4. The third-order valence-corrected chi connectivity index (χ3v) is 2.17. The molecule has 0 spiro atoms. The number of pyridine rings is 1. The standard InChI is InChI=1S/C10H9F3N2O6/c1-19-7-4-6(21-10(11,12)13)5(3-8(16)20-2)14-9(7)15(17)18/h4H,3H2,1-2H3. The van der Waals surface area contributed by atoms with Crippen molar-refractivity contribution in [3.8, 4) is 11.5 Å². The van der Waals surface area contributed by atoms with E-state index in [1.54, 1.807) is 0 Å². The first-order valence-electron chi connectivity index (χ1n) is 5.22. The van der Waals surface area contributed by atoms with Gasteiger partial charge in [0.2, 0.25) is 11.4 Å². The van der Waals surface area contributed by atoms with Crippen molar-refractivity contribution in [1.29, 1.82) is 0 Å². The maximum absolute atomic E-state index is 12.3. The van der Waals surface area contributed by atoms with Crippen molar-refractivity contribution < 1.29 is 37.1 Å². The van der Waals surface area contributed by atoms with Crippen LogP contribution in [0.3, 0.4) is 0 Å². The number of ether oxygens (including phenoxy) is 3. The summed E-state index contributed by atoms with van der Waals surface area (Å²) in [5.74, 6) is -3.19. The summed E-state index contributed by atoms with van der Waals surface area (Å²) in [6.07, 6.45) is -5.79. The summed E-state index contributed by atoms with van der Waals surface area (Å²) in [7, 11) is 2.02. The van der Waals surface area contributed by atoms with Gasteiger partial charge in [0, 0.05) is 6.07 Å². The molecule has 1 aromatic heterocycles. The lowest BCUT2D eigenvalue weighted by Gasteiger charge is -2.11. The van der Waals surface area contributed by atoms with E-state index < -0.39 is 46.7 Å². The molecule has 0 atom stereocenters. The molecule has 0 aliphatic heterocycles. The molecule has 0 aliphatic rings. The molecule has 0 bridgehead atoms. The van der Waals surface area contributed by atoms with Gasteiger partial charge >= 0.3 is 18.1 Å². The molecule has 116 valence electrons. The minimum absolute atomic E-state index is 0.534. The summed E-state index contributed by atoms with van der Waals surface area (Å²) in [5.41, 5.74) is -0.591. The number of alkyl halides is 3. The highest BCUT2D eigenvalue weighted by Gasteiger charge is 2.35. The number of halogens is 3. The second-order valence-corrected chi connectivity index (χ2v) is 3.52. The van der Waals surface area contributed by atoms with E-state index in [0.717, 1.165) is 14.2 Å². The average molecular weight is 310 g/mol. The zero-order valence-electron chi connectivity index (χ0n) is 10.8. The Balaban J connectivity index is 3.36. The van der Waals surface area contributed by atoms with Crippen LogP contribution in [0.15, 0.2) is 6.07 Å². The molecule has 8 nitrogen and oxygen atoms in total. The minimum atomic E-state index is -5.06. The predicted octanol–water partition coefficient (Wildman–Crippen LogP) is 1.61. The third kappa shape index (κ3) is 4.47. The Morgan fingerprint density at radius 3 is 2.43 bits per heavy atom. The summed E-state index contributed by atoms with van der Waals surface area (Å²) in [5, 5.41) is 10.8. The first-order valence-corrected chi connectivity index (χ1v) is 5.22. The van der Waals surface area contributed by atoms with Gasteiger partial charge in [0.1, 0.15) is 6.42 Å². The van der Waals surface area contributed by atoms with Crippen molar-refractivity contribution in [2.75, 3.05) is 14.2 Å². The van der Waals surface area contributed by atoms with E-state index in [0.29, 0.717) is 6.07 Å². The fourth-order valence-electron chi connectivity index (χ4n) is 1.33. The van der Waals surface area contributed by atoms with Gasteiger partial charge in [0.05, 0.1) is 14.2 Å². The number of aromatic nitrogens is 1. The van der Waals surface area contributed by atoms with Crippen LogP contribution in [0, 0.1) is 10.1 Å². The zero-order valence-corrected chi connectivity index (χ0v) is 10.8. The van der Waals surface area contributed by atoms with Crippen molar-refractivity contribution in [3.05, 3.63) is 21.9 Å². The highest BCUT2D eigenvalue weighted by atomic mass is 19.4. The lowest BCUT2D eigenvalue weighted by atomic mass is 10.2. The quantitative estimate of drug-likeness (QED) is 0.462. The van der Waals surface area contributed by atoms with Crippen LogP contribution in [0.2, 0.25) is 0 Å². The number of rotatable bonds is 5. The lowest BCUT2D eigenvalue weighted by Crippen LogP contribution is -2.20. The number of hydrogen-bond acceptors (Lipinski definition) is 7. The van der Waals surface area contributed by atoms with Gasteiger partial charge in [-0.05, 0) is 9.91 Å². The van der Waals surface area contributed by atoms with Gasteiger partial charge in [-0.15, -0.1) is 13.2 Å². The third-order valence-electron chi connectivity index (χ3n) is 2.17. The van der Waals surface area contributed by atoms with Crippen LogP contribution in [0.4, 0.5) is 19.0 Å². The van der Waals surface area contributed by atoms with E-state index >= 15 is 0 Å². The first kappa shape index (κ1) is 16.5. The number of esters is 1. The van der Waals surface area contributed by atoms with Crippen LogP contribution in [-0.4, -0.2) is 36.5 Å². The van der Waals surface area contributed by atoms with Crippen molar-refractivity contribution in [1.82, 2.24) is 4.98 Å². The normalized spacial score (nSPS) is 10.9. The molecule has 1 aromatic rings. The smallest absolute Gasteiger partial charge is 0.489 e. The fourth-order valence-corrected chi connectivity index (χ4v) is 1.33. The largest absolute Gasteiger partial charge is 0.573 e. The molecule has 0 N–H and O–H groups in total. The molecule has 0 saturated carbocycles. The van der Waals surface area contributed by atoms with Crippen molar-refractivity contribution in [2.24, 2.45) is 0 Å². The summed E-state index contributed by atoms with van der Waals surface area (Å²) in [6.45, 7) is 0. The molecule has 0 fully saturated rings. The zero-order chi connectivity index (χ0) is 16.2. The monoisotopic (exact) mass is 310 g/mol. The lowest BCUT2D eigenvalue weighted by molar-refractivity contribution is -0.390. The molecular weight excluding hydrogens is 301 g/mol. The Morgan fingerprint density at radius 1 is 1.38 bits per heavy atom. The maximum Gasteiger partial charge on any atom is 0.573 e. The van der Waals surface area contributed by atoms with Crippen LogP contribution < -0.4 is 9.47 Å². The van der Waals surface area contributed by atoms with E-state index in [1.165, 1.54) is 0 Å². The number of methoxy groups -OCH3 is 2. The molecule has 21 heavy (non-hydrogen) atoms. The first-order chi connectivity index (χ1) is 9.67. The molecule has 0 radical (unpaired) electrons. The molecular formula is C10H9F3N2O6. The van der Waals surface area contributed by atoms with Crippen LogP contribution in [0.5, 0.6) is 11.5 Å². The van der Waals surface area contributed by atoms with E-state index in [2.05, 4.69) is 19.2 Å². The van der Waals surface area contributed by atoms with E-state index in [9.17, 15) is 28.1 Å². The topological polar surface area (TPSA) is 101 Å². The van der Waals surface area contributed by atoms with Crippen LogP contribution in [0.25, 0.3) is 0 Å². The SMILES string of the molecule is COC(=O)Cc1nc([N+](=O)[O-])c(OC)cc1OC(F)(F)F. The van der Waals surface area contributed by atoms with Gasteiger partial charge in [-0.3, -0.25) is 4.79 Å². The number of nitrogens with zero attached hydrogens (tertiary/aromatic N) is 2.